The average molecular weight is 325 g/mol. The van der Waals surface area contributed by atoms with Crippen molar-refractivity contribution in [3.8, 4) is 6.07 Å². The van der Waals surface area contributed by atoms with E-state index in [1.807, 2.05) is 0 Å². The number of nitriles is 1. The number of hydrogen-bond donors (Lipinski definition) is 2. The van der Waals surface area contributed by atoms with Gasteiger partial charge in [-0.05, 0) is 31.5 Å². The largest absolute Gasteiger partial charge is 0.417 e. The van der Waals surface area contributed by atoms with Crippen molar-refractivity contribution in [3.63, 3.8) is 0 Å². The van der Waals surface area contributed by atoms with Crippen LogP contribution in [0.15, 0.2) is 18.2 Å². The molecule has 122 valence electrons. The van der Waals surface area contributed by atoms with Crippen molar-refractivity contribution in [1.82, 2.24) is 10.6 Å². The predicted octanol–water partition coefficient (Wildman–Crippen LogP) is 1.98. The van der Waals surface area contributed by atoms with Crippen molar-refractivity contribution in [1.29, 1.82) is 5.26 Å². The summed E-state index contributed by atoms with van der Waals surface area (Å²) in [6.45, 7) is 1.86. The highest BCUT2D eigenvalue weighted by Crippen LogP contribution is 2.32. The Hall–Kier alpha value is -2.56. The minimum absolute atomic E-state index is 0.110. The summed E-state index contributed by atoms with van der Waals surface area (Å²) in [5.41, 5.74) is -2.48. The first-order valence-electron chi connectivity index (χ1n) is 6.85. The maximum absolute atomic E-state index is 12.9. The first-order valence-corrected chi connectivity index (χ1v) is 6.85. The van der Waals surface area contributed by atoms with Crippen LogP contribution >= 0.6 is 0 Å². The van der Waals surface area contributed by atoms with E-state index in [1.165, 1.54) is 12.1 Å². The van der Waals surface area contributed by atoms with Gasteiger partial charge in [0.05, 0.1) is 22.7 Å². The highest BCUT2D eigenvalue weighted by molar-refractivity contribution is 5.94. The lowest BCUT2D eigenvalue weighted by Crippen LogP contribution is -2.48. The van der Waals surface area contributed by atoms with E-state index in [4.69, 9.17) is 5.26 Å². The van der Waals surface area contributed by atoms with Crippen LogP contribution in [0.3, 0.4) is 0 Å². The van der Waals surface area contributed by atoms with Gasteiger partial charge >= 0.3 is 6.18 Å². The molecule has 2 N–H and O–H groups in total. The average Bonchev–Trinajstić information content (AvgIpc) is 2.83. The maximum Gasteiger partial charge on any atom is 0.417 e. The number of hydrogen-bond acceptors (Lipinski definition) is 3. The SMILES string of the molecule is CC1(CNC(=O)c2ccc(C#N)c(C(F)(F)F)c2)CCC(=O)N1. The fourth-order valence-electron chi connectivity index (χ4n) is 2.38. The molecule has 0 aliphatic carbocycles. The molecule has 8 heteroatoms. The van der Waals surface area contributed by atoms with E-state index in [0.717, 1.165) is 6.07 Å². The molecule has 1 fully saturated rings. The topological polar surface area (TPSA) is 82.0 Å². The quantitative estimate of drug-likeness (QED) is 0.891. The summed E-state index contributed by atoms with van der Waals surface area (Å²) in [5.74, 6) is -0.818. The molecular formula is C15H14F3N3O2. The molecule has 1 aromatic rings. The van der Waals surface area contributed by atoms with Crippen LogP contribution in [0, 0.1) is 11.3 Å². The fourth-order valence-corrected chi connectivity index (χ4v) is 2.38. The first kappa shape index (κ1) is 16.8. The number of carbonyl (C=O) groups excluding carboxylic acids is 2. The van der Waals surface area contributed by atoms with Crippen LogP contribution in [0.2, 0.25) is 0 Å². The highest BCUT2D eigenvalue weighted by atomic mass is 19.4. The zero-order valence-corrected chi connectivity index (χ0v) is 12.3. The van der Waals surface area contributed by atoms with Gasteiger partial charge in [0.15, 0.2) is 0 Å². The van der Waals surface area contributed by atoms with E-state index >= 15 is 0 Å². The van der Waals surface area contributed by atoms with Crippen LogP contribution < -0.4 is 10.6 Å². The number of rotatable bonds is 3. The predicted molar refractivity (Wildman–Crippen MR) is 74.3 cm³/mol. The fraction of sp³-hybridized carbons (Fsp3) is 0.400. The molecule has 1 saturated heterocycles. The molecule has 2 amide bonds. The van der Waals surface area contributed by atoms with Crippen molar-refractivity contribution in [2.24, 2.45) is 0 Å². The molecule has 1 unspecified atom stereocenters. The second kappa shape index (κ2) is 5.91. The molecule has 5 nitrogen and oxygen atoms in total. The Bertz CT molecular complexity index is 694. The zero-order valence-electron chi connectivity index (χ0n) is 12.3. The minimum Gasteiger partial charge on any atom is -0.350 e. The summed E-state index contributed by atoms with van der Waals surface area (Å²) >= 11 is 0. The molecule has 0 radical (unpaired) electrons. The van der Waals surface area contributed by atoms with Gasteiger partial charge in [-0.3, -0.25) is 9.59 Å². The number of halogens is 3. The third kappa shape index (κ3) is 3.80. The molecule has 0 saturated carbocycles. The number of nitrogens with zero attached hydrogens (tertiary/aromatic N) is 1. The third-order valence-electron chi connectivity index (χ3n) is 3.69. The minimum atomic E-state index is -4.72. The summed E-state index contributed by atoms with van der Waals surface area (Å²) in [5, 5.41) is 14.0. The number of carbonyl (C=O) groups is 2. The second-order valence-corrected chi connectivity index (χ2v) is 5.66. The standard InChI is InChI=1S/C15H14F3N3O2/c1-14(5-4-12(22)21-14)8-20-13(23)9-2-3-10(7-19)11(6-9)15(16,17)18/h2-3,6H,4-5,8H2,1H3,(H,20,23)(H,21,22). The Morgan fingerprint density at radius 3 is 2.70 bits per heavy atom. The van der Waals surface area contributed by atoms with Gasteiger partial charge in [-0.1, -0.05) is 0 Å². The van der Waals surface area contributed by atoms with Gasteiger partial charge in [0.2, 0.25) is 5.91 Å². The molecule has 1 aliphatic heterocycles. The zero-order chi connectivity index (χ0) is 17.3. The Morgan fingerprint density at radius 1 is 1.48 bits per heavy atom. The van der Waals surface area contributed by atoms with Crippen LogP contribution in [0.5, 0.6) is 0 Å². The molecule has 0 aromatic heterocycles. The number of amides is 2. The Kier molecular flexibility index (Phi) is 4.32. The Balaban J connectivity index is 2.14. The maximum atomic E-state index is 12.9. The molecule has 2 rings (SSSR count). The number of benzene rings is 1. The van der Waals surface area contributed by atoms with Crippen molar-refractivity contribution < 1.29 is 22.8 Å². The van der Waals surface area contributed by atoms with E-state index in [2.05, 4.69) is 10.6 Å². The molecular weight excluding hydrogens is 311 g/mol. The molecule has 23 heavy (non-hydrogen) atoms. The van der Waals surface area contributed by atoms with E-state index in [1.54, 1.807) is 6.92 Å². The molecule has 0 bridgehead atoms. The van der Waals surface area contributed by atoms with Gasteiger partial charge in [-0.15, -0.1) is 0 Å². The molecule has 1 atom stereocenters. The van der Waals surface area contributed by atoms with E-state index in [9.17, 15) is 22.8 Å². The van der Waals surface area contributed by atoms with Gasteiger partial charge in [0.25, 0.3) is 5.91 Å². The summed E-state index contributed by atoms with van der Waals surface area (Å²) in [6.07, 6.45) is -3.83. The Morgan fingerprint density at radius 2 is 2.17 bits per heavy atom. The van der Waals surface area contributed by atoms with Crippen LogP contribution in [-0.2, 0) is 11.0 Å². The molecule has 1 aliphatic rings. The lowest BCUT2D eigenvalue weighted by molar-refractivity contribution is -0.137. The van der Waals surface area contributed by atoms with E-state index in [0.29, 0.717) is 18.9 Å². The smallest absolute Gasteiger partial charge is 0.350 e. The summed E-state index contributed by atoms with van der Waals surface area (Å²) < 4.78 is 38.7. The number of alkyl halides is 3. The van der Waals surface area contributed by atoms with Gasteiger partial charge < -0.3 is 10.6 Å². The highest BCUT2D eigenvalue weighted by Gasteiger charge is 2.35. The van der Waals surface area contributed by atoms with Crippen LogP contribution in [0.25, 0.3) is 0 Å². The monoisotopic (exact) mass is 325 g/mol. The van der Waals surface area contributed by atoms with E-state index in [-0.39, 0.29) is 18.0 Å². The van der Waals surface area contributed by atoms with Crippen LogP contribution in [0.1, 0.15) is 41.3 Å². The van der Waals surface area contributed by atoms with Gasteiger partial charge in [-0.2, -0.15) is 18.4 Å². The van der Waals surface area contributed by atoms with Crippen LogP contribution in [0.4, 0.5) is 13.2 Å². The number of nitrogens with one attached hydrogen (secondary N) is 2. The van der Waals surface area contributed by atoms with Crippen molar-refractivity contribution in [2.45, 2.75) is 31.5 Å². The van der Waals surface area contributed by atoms with Crippen molar-refractivity contribution in [3.05, 3.63) is 34.9 Å². The Labute approximate surface area is 130 Å². The van der Waals surface area contributed by atoms with Gasteiger partial charge in [-0.25, -0.2) is 0 Å². The summed E-state index contributed by atoms with van der Waals surface area (Å²) in [4.78, 5) is 23.2. The molecule has 0 spiro atoms. The normalized spacial score (nSPS) is 20.7. The second-order valence-electron chi connectivity index (χ2n) is 5.66. The summed E-state index contributed by atoms with van der Waals surface area (Å²) in [7, 11) is 0. The lowest BCUT2D eigenvalue weighted by atomic mass is 10.00. The van der Waals surface area contributed by atoms with Gasteiger partial charge in [0, 0.05) is 18.5 Å². The van der Waals surface area contributed by atoms with E-state index < -0.39 is 28.7 Å². The summed E-state index contributed by atoms with van der Waals surface area (Å²) in [6, 6.07) is 4.25. The van der Waals surface area contributed by atoms with Crippen molar-refractivity contribution >= 4 is 11.8 Å². The van der Waals surface area contributed by atoms with Crippen LogP contribution in [-0.4, -0.2) is 23.9 Å². The molecule has 1 heterocycles. The van der Waals surface area contributed by atoms with Gasteiger partial charge in [0.1, 0.15) is 0 Å². The lowest BCUT2D eigenvalue weighted by Gasteiger charge is -2.24. The molecule has 1 aromatic carbocycles. The first-order chi connectivity index (χ1) is 10.6. The van der Waals surface area contributed by atoms with Crippen molar-refractivity contribution in [2.75, 3.05) is 6.54 Å². The third-order valence-corrected chi connectivity index (χ3v) is 3.69.